The zero-order valence-electron chi connectivity index (χ0n) is 14.0. The molecule has 1 aromatic carbocycles. The summed E-state index contributed by atoms with van der Waals surface area (Å²) in [7, 11) is 1.79. The van der Waals surface area contributed by atoms with Crippen molar-refractivity contribution in [2.75, 3.05) is 33.4 Å². The molecule has 2 N–H and O–H groups in total. The third-order valence-electron chi connectivity index (χ3n) is 3.78. The molecule has 23 heavy (non-hydrogen) atoms. The van der Waals surface area contributed by atoms with E-state index in [0.29, 0.717) is 6.61 Å². The second-order valence-electron chi connectivity index (χ2n) is 5.77. The van der Waals surface area contributed by atoms with Gasteiger partial charge < -0.3 is 20.1 Å². The van der Waals surface area contributed by atoms with Gasteiger partial charge in [0.15, 0.2) is 5.96 Å². The molecule has 0 bridgehead atoms. The number of guanidine groups is 1. The predicted molar refractivity (Wildman–Crippen MR) is 105 cm³/mol. The topological polar surface area (TPSA) is 54.9 Å². The second-order valence-corrected chi connectivity index (χ2v) is 5.77. The minimum absolute atomic E-state index is 0. The van der Waals surface area contributed by atoms with Gasteiger partial charge in [-0.1, -0.05) is 18.2 Å². The maximum Gasteiger partial charge on any atom is 0.191 e. The van der Waals surface area contributed by atoms with Gasteiger partial charge >= 0.3 is 0 Å². The molecule has 0 spiro atoms. The van der Waals surface area contributed by atoms with Crippen molar-refractivity contribution in [3.63, 3.8) is 0 Å². The van der Waals surface area contributed by atoms with E-state index in [1.54, 1.807) is 7.05 Å². The maximum atomic E-state index is 5.76. The van der Waals surface area contributed by atoms with Gasteiger partial charge in [-0.2, -0.15) is 0 Å². The summed E-state index contributed by atoms with van der Waals surface area (Å²) in [5.41, 5.74) is -0.0615. The van der Waals surface area contributed by atoms with Crippen LogP contribution in [0.1, 0.15) is 26.2 Å². The van der Waals surface area contributed by atoms with E-state index in [4.69, 9.17) is 9.47 Å². The number of nitrogens with one attached hydrogen (secondary N) is 2. The zero-order valence-corrected chi connectivity index (χ0v) is 16.3. The monoisotopic (exact) mass is 433 g/mol. The first-order valence-corrected chi connectivity index (χ1v) is 7.98. The van der Waals surface area contributed by atoms with Crippen LogP contribution in [0.5, 0.6) is 5.75 Å². The van der Waals surface area contributed by atoms with Crippen LogP contribution in [0.3, 0.4) is 0 Å². The van der Waals surface area contributed by atoms with Crippen LogP contribution in [-0.4, -0.2) is 44.9 Å². The lowest BCUT2D eigenvalue weighted by molar-refractivity contribution is 0.0243. The first-order chi connectivity index (χ1) is 10.7. The Bertz CT molecular complexity index is 462. The molecular weight excluding hydrogens is 405 g/mol. The van der Waals surface area contributed by atoms with E-state index in [0.717, 1.165) is 50.7 Å². The summed E-state index contributed by atoms with van der Waals surface area (Å²) >= 11 is 0. The van der Waals surface area contributed by atoms with Crippen LogP contribution in [-0.2, 0) is 4.74 Å². The van der Waals surface area contributed by atoms with Crippen molar-refractivity contribution in [1.29, 1.82) is 0 Å². The van der Waals surface area contributed by atoms with Crippen LogP contribution in [0.15, 0.2) is 35.3 Å². The SMILES string of the molecule is CN=C(NCCCOc1ccccc1)NCC1(C)CCCO1.I. The molecule has 0 aromatic heterocycles. The smallest absolute Gasteiger partial charge is 0.191 e. The van der Waals surface area contributed by atoms with Crippen LogP contribution in [0.4, 0.5) is 0 Å². The molecule has 1 aliphatic heterocycles. The second kappa shape index (κ2) is 10.7. The number of rotatable bonds is 7. The molecule has 0 saturated carbocycles. The summed E-state index contributed by atoms with van der Waals surface area (Å²) in [6, 6.07) is 9.88. The third-order valence-corrected chi connectivity index (χ3v) is 3.78. The quantitative estimate of drug-likeness (QED) is 0.301. The molecule has 1 aliphatic rings. The number of ether oxygens (including phenoxy) is 2. The molecule has 1 heterocycles. The number of para-hydroxylation sites is 1. The van der Waals surface area contributed by atoms with Gasteiger partial charge in [0.1, 0.15) is 5.75 Å². The molecule has 1 fully saturated rings. The van der Waals surface area contributed by atoms with Crippen molar-refractivity contribution in [1.82, 2.24) is 10.6 Å². The molecule has 0 aliphatic carbocycles. The van der Waals surface area contributed by atoms with Gasteiger partial charge in [0, 0.05) is 26.7 Å². The average Bonchev–Trinajstić information content (AvgIpc) is 2.98. The Hall–Kier alpha value is -1.02. The highest BCUT2D eigenvalue weighted by atomic mass is 127. The molecular formula is C17H28IN3O2. The molecule has 1 aromatic rings. The standard InChI is InChI=1S/C17H27N3O2.HI/c1-17(10-6-13-22-17)14-20-16(18-2)19-11-7-12-21-15-8-4-3-5-9-15;/h3-5,8-9H,6-7,10-14H2,1-2H3,(H2,18,19,20);1H. The molecule has 1 atom stereocenters. The average molecular weight is 433 g/mol. The Morgan fingerprint density at radius 1 is 1.30 bits per heavy atom. The van der Waals surface area contributed by atoms with Crippen LogP contribution < -0.4 is 15.4 Å². The molecule has 2 rings (SSSR count). The van der Waals surface area contributed by atoms with Crippen molar-refractivity contribution in [2.24, 2.45) is 4.99 Å². The Morgan fingerprint density at radius 2 is 2.09 bits per heavy atom. The van der Waals surface area contributed by atoms with Crippen molar-refractivity contribution in [3.8, 4) is 5.75 Å². The highest BCUT2D eigenvalue weighted by Gasteiger charge is 2.29. The molecule has 1 saturated heterocycles. The molecule has 0 radical (unpaired) electrons. The fraction of sp³-hybridized carbons (Fsp3) is 0.588. The van der Waals surface area contributed by atoms with Crippen LogP contribution in [0, 0.1) is 0 Å². The van der Waals surface area contributed by atoms with E-state index >= 15 is 0 Å². The molecule has 1 unspecified atom stereocenters. The molecule has 130 valence electrons. The number of halogens is 1. The molecule has 5 nitrogen and oxygen atoms in total. The fourth-order valence-electron chi connectivity index (χ4n) is 2.45. The lowest BCUT2D eigenvalue weighted by Crippen LogP contribution is -2.45. The minimum Gasteiger partial charge on any atom is -0.494 e. The summed E-state index contributed by atoms with van der Waals surface area (Å²) in [4.78, 5) is 4.23. The lowest BCUT2D eigenvalue weighted by Gasteiger charge is -2.24. The van der Waals surface area contributed by atoms with Gasteiger partial charge in [0.25, 0.3) is 0 Å². The summed E-state index contributed by atoms with van der Waals surface area (Å²) in [6.45, 7) is 5.31. The van der Waals surface area contributed by atoms with Crippen molar-refractivity contribution in [2.45, 2.75) is 31.8 Å². The number of hydrogen-bond acceptors (Lipinski definition) is 3. The van der Waals surface area contributed by atoms with E-state index in [9.17, 15) is 0 Å². The van der Waals surface area contributed by atoms with E-state index in [1.807, 2.05) is 30.3 Å². The summed E-state index contributed by atoms with van der Waals surface area (Å²) < 4.78 is 11.4. The first kappa shape index (κ1) is 20.0. The number of aliphatic imine (C=N–C) groups is 1. The minimum atomic E-state index is -0.0615. The summed E-state index contributed by atoms with van der Waals surface area (Å²) in [5.74, 6) is 1.73. The Kier molecular flexibility index (Phi) is 9.31. The maximum absolute atomic E-state index is 5.76. The van der Waals surface area contributed by atoms with Crippen molar-refractivity contribution < 1.29 is 9.47 Å². The van der Waals surface area contributed by atoms with Gasteiger partial charge in [0.05, 0.1) is 12.2 Å². The normalized spacial score (nSPS) is 20.7. The van der Waals surface area contributed by atoms with Gasteiger partial charge in [-0.05, 0) is 38.3 Å². The number of nitrogens with zero attached hydrogens (tertiary/aromatic N) is 1. The van der Waals surface area contributed by atoms with Gasteiger partial charge in [-0.15, -0.1) is 24.0 Å². The number of benzene rings is 1. The largest absolute Gasteiger partial charge is 0.494 e. The van der Waals surface area contributed by atoms with E-state index < -0.39 is 0 Å². The highest BCUT2D eigenvalue weighted by molar-refractivity contribution is 14.0. The van der Waals surface area contributed by atoms with E-state index in [1.165, 1.54) is 0 Å². The van der Waals surface area contributed by atoms with Crippen LogP contribution in [0.2, 0.25) is 0 Å². The Balaban J connectivity index is 0.00000264. The molecule has 0 amide bonds. The zero-order chi connectivity index (χ0) is 15.7. The van der Waals surface area contributed by atoms with Crippen molar-refractivity contribution in [3.05, 3.63) is 30.3 Å². The van der Waals surface area contributed by atoms with Crippen LogP contribution >= 0.6 is 24.0 Å². The third kappa shape index (κ3) is 7.39. The van der Waals surface area contributed by atoms with Crippen LogP contribution in [0.25, 0.3) is 0 Å². The summed E-state index contributed by atoms with van der Waals surface area (Å²) in [6.07, 6.45) is 3.16. The van der Waals surface area contributed by atoms with E-state index in [2.05, 4.69) is 22.5 Å². The summed E-state index contributed by atoms with van der Waals surface area (Å²) in [5, 5.41) is 6.63. The molecule has 6 heteroatoms. The Labute approximate surface area is 156 Å². The predicted octanol–water partition coefficient (Wildman–Crippen LogP) is 2.81. The van der Waals surface area contributed by atoms with Crippen molar-refractivity contribution >= 4 is 29.9 Å². The van der Waals surface area contributed by atoms with Gasteiger partial charge in [-0.25, -0.2) is 0 Å². The van der Waals surface area contributed by atoms with Gasteiger partial charge in [-0.3, -0.25) is 4.99 Å². The van der Waals surface area contributed by atoms with Gasteiger partial charge in [0.2, 0.25) is 0 Å². The highest BCUT2D eigenvalue weighted by Crippen LogP contribution is 2.23. The lowest BCUT2D eigenvalue weighted by atomic mass is 10.0. The number of hydrogen-bond donors (Lipinski definition) is 2. The Morgan fingerprint density at radius 3 is 2.74 bits per heavy atom. The van der Waals surface area contributed by atoms with E-state index in [-0.39, 0.29) is 29.6 Å². The fourth-order valence-corrected chi connectivity index (χ4v) is 2.45. The first-order valence-electron chi connectivity index (χ1n) is 7.98.